The van der Waals surface area contributed by atoms with Gasteiger partial charge in [0.15, 0.2) is 0 Å². The van der Waals surface area contributed by atoms with Crippen molar-refractivity contribution < 1.29 is 13.2 Å². The summed E-state index contributed by atoms with van der Waals surface area (Å²) >= 11 is 17.3. The molecule has 0 aliphatic carbocycles. The molecular formula is C12H6Cl3F3N2. The lowest BCUT2D eigenvalue weighted by Crippen LogP contribution is -2.06. The molecule has 1 N–H and O–H groups in total. The summed E-state index contributed by atoms with van der Waals surface area (Å²) in [5, 5.41) is 3.06. The number of halogens is 6. The number of aromatic nitrogens is 1. The van der Waals surface area contributed by atoms with Gasteiger partial charge in [0.25, 0.3) is 0 Å². The Morgan fingerprint density at radius 1 is 1.00 bits per heavy atom. The minimum Gasteiger partial charge on any atom is -0.339 e. The molecule has 0 aliphatic rings. The third-order valence-corrected chi connectivity index (χ3v) is 3.07. The zero-order chi connectivity index (χ0) is 14.9. The third-order valence-electron chi connectivity index (χ3n) is 2.31. The zero-order valence-corrected chi connectivity index (χ0v) is 11.9. The van der Waals surface area contributed by atoms with Gasteiger partial charge in [0.1, 0.15) is 11.0 Å². The van der Waals surface area contributed by atoms with Crippen LogP contribution in [0, 0.1) is 0 Å². The van der Waals surface area contributed by atoms with Crippen LogP contribution in [0.5, 0.6) is 0 Å². The minimum absolute atomic E-state index is 0.0750. The Bertz CT molecular complexity index is 644. The van der Waals surface area contributed by atoms with E-state index in [-0.39, 0.29) is 11.0 Å². The molecule has 0 saturated heterocycles. The molecular weight excluding hydrogens is 335 g/mol. The van der Waals surface area contributed by atoms with Crippen LogP contribution in [0.3, 0.4) is 0 Å². The Balaban J connectivity index is 2.39. The van der Waals surface area contributed by atoms with Crippen molar-refractivity contribution in [3.8, 4) is 0 Å². The largest absolute Gasteiger partial charge is 0.416 e. The summed E-state index contributed by atoms with van der Waals surface area (Å²) < 4.78 is 38.0. The van der Waals surface area contributed by atoms with Gasteiger partial charge in [0.05, 0.1) is 16.3 Å². The van der Waals surface area contributed by atoms with Crippen LogP contribution in [0.1, 0.15) is 5.56 Å². The highest BCUT2D eigenvalue weighted by molar-refractivity contribution is 6.35. The molecule has 20 heavy (non-hydrogen) atoms. The standard InChI is InChI=1S/C12H6Cl3F3N2/c13-7-1-2-8(14)9(5-7)19-11-4-6(12(16,17)18)3-10(15)20-11/h1-5H,(H,19,20). The Kier molecular flexibility index (Phi) is 4.32. The number of benzene rings is 1. The van der Waals surface area contributed by atoms with Crippen molar-refractivity contribution in [2.24, 2.45) is 0 Å². The molecule has 0 unspecified atom stereocenters. The Labute approximate surface area is 127 Å². The van der Waals surface area contributed by atoms with E-state index in [0.29, 0.717) is 15.7 Å². The monoisotopic (exact) mass is 340 g/mol. The first-order chi connectivity index (χ1) is 9.25. The summed E-state index contributed by atoms with van der Waals surface area (Å²) in [5.74, 6) is -0.0750. The van der Waals surface area contributed by atoms with Crippen LogP contribution in [0.4, 0.5) is 24.7 Å². The lowest BCUT2D eigenvalue weighted by atomic mass is 10.2. The van der Waals surface area contributed by atoms with Crippen LogP contribution in [0.2, 0.25) is 15.2 Å². The van der Waals surface area contributed by atoms with Gasteiger partial charge in [-0.05, 0) is 30.3 Å². The average molecular weight is 342 g/mol. The number of hydrogen-bond acceptors (Lipinski definition) is 2. The first-order valence-electron chi connectivity index (χ1n) is 5.22. The first kappa shape index (κ1) is 15.2. The maximum Gasteiger partial charge on any atom is 0.416 e. The van der Waals surface area contributed by atoms with Gasteiger partial charge >= 0.3 is 6.18 Å². The van der Waals surface area contributed by atoms with Crippen LogP contribution < -0.4 is 5.32 Å². The molecule has 0 spiro atoms. The van der Waals surface area contributed by atoms with Gasteiger partial charge in [-0.2, -0.15) is 13.2 Å². The fraction of sp³-hybridized carbons (Fsp3) is 0.0833. The molecule has 0 radical (unpaired) electrons. The SMILES string of the molecule is FC(F)(F)c1cc(Cl)nc(Nc2cc(Cl)ccc2Cl)c1. The molecule has 8 heteroatoms. The maximum absolute atomic E-state index is 12.7. The van der Waals surface area contributed by atoms with E-state index in [1.165, 1.54) is 12.1 Å². The number of anilines is 2. The summed E-state index contributed by atoms with van der Waals surface area (Å²) in [6.07, 6.45) is -4.51. The zero-order valence-electron chi connectivity index (χ0n) is 9.60. The van der Waals surface area contributed by atoms with Crippen LogP contribution in [0.15, 0.2) is 30.3 Å². The number of pyridine rings is 1. The number of nitrogens with one attached hydrogen (secondary N) is 1. The second-order valence-corrected chi connectivity index (χ2v) is 5.04. The van der Waals surface area contributed by atoms with Crippen LogP contribution in [0.25, 0.3) is 0 Å². The van der Waals surface area contributed by atoms with Gasteiger partial charge in [0.2, 0.25) is 0 Å². The highest BCUT2D eigenvalue weighted by Crippen LogP contribution is 2.34. The number of rotatable bonds is 2. The van der Waals surface area contributed by atoms with Crippen molar-refractivity contribution in [1.29, 1.82) is 0 Å². The average Bonchev–Trinajstić information content (AvgIpc) is 2.32. The molecule has 2 aromatic rings. The van der Waals surface area contributed by atoms with Crippen LogP contribution >= 0.6 is 34.8 Å². The smallest absolute Gasteiger partial charge is 0.339 e. The van der Waals surface area contributed by atoms with E-state index in [2.05, 4.69) is 10.3 Å². The van der Waals surface area contributed by atoms with E-state index in [1.54, 1.807) is 6.07 Å². The maximum atomic E-state index is 12.7. The van der Waals surface area contributed by atoms with E-state index in [4.69, 9.17) is 34.8 Å². The molecule has 0 aliphatic heterocycles. The fourth-order valence-corrected chi connectivity index (χ4v) is 2.00. The molecule has 2 rings (SSSR count). The minimum atomic E-state index is -4.51. The van der Waals surface area contributed by atoms with Crippen molar-refractivity contribution in [2.75, 3.05) is 5.32 Å². The lowest BCUT2D eigenvalue weighted by molar-refractivity contribution is -0.137. The van der Waals surface area contributed by atoms with Gasteiger partial charge in [0, 0.05) is 5.02 Å². The fourth-order valence-electron chi connectivity index (χ4n) is 1.46. The van der Waals surface area contributed by atoms with Crippen LogP contribution in [-0.4, -0.2) is 4.98 Å². The van der Waals surface area contributed by atoms with Gasteiger partial charge in [-0.15, -0.1) is 0 Å². The molecule has 2 nitrogen and oxygen atoms in total. The highest BCUT2D eigenvalue weighted by atomic mass is 35.5. The van der Waals surface area contributed by atoms with Gasteiger partial charge in [-0.25, -0.2) is 4.98 Å². The molecule has 0 amide bonds. The number of nitrogens with zero attached hydrogens (tertiary/aromatic N) is 1. The summed E-state index contributed by atoms with van der Waals surface area (Å²) in [5.41, 5.74) is -0.569. The van der Waals surface area contributed by atoms with E-state index in [1.807, 2.05) is 0 Å². The van der Waals surface area contributed by atoms with E-state index in [0.717, 1.165) is 12.1 Å². The molecule has 0 fully saturated rings. The first-order valence-corrected chi connectivity index (χ1v) is 6.36. The van der Waals surface area contributed by atoms with Crippen molar-refractivity contribution >= 4 is 46.3 Å². The van der Waals surface area contributed by atoms with Crippen molar-refractivity contribution in [3.05, 3.63) is 51.1 Å². The molecule has 1 aromatic carbocycles. The summed E-state index contributed by atoms with van der Waals surface area (Å²) in [7, 11) is 0. The summed E-state index contributed by atoms with van der Waals surface area (Å²) in [6.45, 7) is 0. The van der Waals surface area contributed by atoms with Crippen molar-refractivity contribution in [1.82, 2.24) is 4.98 Å². The lowest BCUT2D eigenvalue weighted by Gasteiger charge is -2.12. The molecule has 0 saturated carbocycles. The predicted octanol–water partition coefficient (Wildman–Crippen LogP) is 5.80. The van der Waals surface area contributed by atoms with Gasteiger partial charge in [-0.3, -0.25) is 0 Å². The van der Waals surface area contributed by atoms with Crippen LogP contribution in [-0.2, 0) is 6.18 Å². The van der Waals surface area contributed by atoms with E-state index < -0.39 is 11.7 Å². The van der Waals surface area contributed by atoms with E-state index in [9.17, 15) is 13.2 Å². The molecule has 0 bridgehead atoms. The van der Waals surface area contributed by atoms with Crippen molar-refractivity contribution in [2.45, 2.75) is 6.18 Å². The second kappa shape index (κ2) is 5.68. The quantitative estimate of drug-likeness (QED) is 0.698. The number of alkyl halides is 3. The van der Waals surface area contributed by atoms with E-state index >= 15 is 0 Å². The van der Waals surface area contributed by atoms with Gasteiger partial charge < -0.3 is 5.32 Å². The third kappa shape index (κ3) is 3.69. The summed E-state index contributed by atoms with van der Waals surface area (Å²) in [6, 6.07) is 6.12. The Hall–Kier alpha value is -1.17. The highest BCUT2D eigenvalue weighted by Gasteiger charge is 2.31. The molecule has 1 heterocycles. The topological polar surface area (TPSA) is 24.9 Å². The molecule has 1 aromatic heterocycles. The normalized spacial score (nSPS) is 11.5. The number of hydrogen-bond donors (Lipinski definition) is 1. The predicted molar refractivity (Wildman–Crippen MR) is 74.0 cm³/mol. The molecule has 106 valence electrons. The van der Waals surface area contributed by atoms with Gasteiger partial charge in [-0.1, -0.05) is 34.8 Å². The Morgan fingerprint density at radius 2 is 1.70 bits per heavy atom. The Morgan fingerprint density at radius 3 is 2.35 bits per heavy atom. The molecule has 0 atom stereocenters. The summed E-state index contributed by atoms with van der Waals surface area (Å²) in [4.78, 5) is 3.77. The van der Waals surface area contributed by atoms with Crippen molar-refractivity contribution in [3.63, 3.8) is 0 Å². The second-order valence-electron chi connectivity index (χ2n) is 3.81.